The Kier molecular flexibility index (Phi) is 12.6. The fourth-order valence-corrected chi connectivity index (χ4v) is 11.6. The third-order valence-electron chi connectivity index (χ3n) is 9.13. The first-order chi connectivity index (χ1) is 28.2. The number of nitrogens with one attached hydrogen (secondary N) is 2. The summed E-state index contributed by atoms with van der Waals surface area (Å²) in [4.78, 5) is 71.2. The van der Waals surface area contributed by atoms with Crippen molar-refractivity contribution >= 4 is 70.6 Å². The Bertz CT molecular complexity index is 2480. The zero-order valence-electron chi connectivity index (χ0n) is 32.6. The molecule has 3 saturated heterocycles. The Labute approximate surface area is 346 Å². The zero-order chi connectivity index (χ0) is 43.4. The average Bonchev–Trinajstić information content (AvgIpc) is 3.94. The number of aromatic amines is 2. The average molecular weight is 925 g/mol. The van der Waals surface area contributed by atoms with Crippen LogP contribution in [0.4, 0.5) is 8.78 Å². The number of ether oxygens (including phenoxy) is 4. The van der Waals surface area contributed by atoms with Crippen molar-refractivity contribution in [3.8, 4) is 0 Å². The molecule has 4 aromatic heterocycles. The second-order valence-electron chi connectivity index (χ2n) is 15.6. The highest BCUT2D eigenvalue weighted by molar-refractivity contribution is 8.55. The lowest BCUT2D eigenvalue weighted by atomic mass is 9.98. The Hall–Kier alpha value is -3.58. The minimum atomic E-state index is -4.76. The number of rotatable bonds is 8. The molecule has 28 heteroatoms. The summed E-state index contributed by atoms with van der Waals surface area (Å²) < 4.78 is 111. The van der Waals surface area contributed by atoms with Gasteiger partial charge in [-0.3, -0.25) is 46.4 Å². The van der Waals surface area contributed by atoms with Gasteiger partial charge in [0.2, 0.25) is 0 Å². The first-order valence-corrected chi connectivity index (χ1v) is 24.3. The standard InChI is InChI=1S/C32H40F2N8O14P2S2/c1-31(2,3)29(45)49-13-59-57(47)51-7-15-17(33)22(28(53-15)42-12-40-20-24(42)36-10-38-26(20)44)56-58(48,60-14-50-30(46)32(4,5)6)52-8-16-21(55-57)18(34)27(54-16)41-11-39-19-23(41)35-9-37-25(19)43/h9-12,15-18,21-22,27-28H,7-8,13-14H2,1-6H3,(H,35,37,43)(H,36,38,44)/t15-,16-,17+,18-,21-,22-,27-,28?,57?,58?/m1/s1. The van der Waals surface area contributed by atoms with E-state index in [9.17, 15) is 28.3 Å². The van der Waals surface area contributed by atoms with Crippen molar-refractivity contribution in [3.63, 3.8) is 0 Å². The van der Waals surface area contributed by atoms with E-state index in [1.54, 1.807) is 41.5 Å². The van der Waals surface area contributed by atoms with E-state index in [0.29, 0.717) is 22.8 Å². The number of H-pyrrole nitrogens is 2. The predicted molar refractivity (Wildman–Crippen MR) is 207 cm³/mol. The third-order valence-corrected chi connectivity index (χ3v) is 15.8. The number of carbonyl (C=O) groups is 2. The van der Waals surface area contributed by atoms with Crippen molar-refractivity contribution in [3.05, 3.63) is 46.0 Å². The molecular weight excluding hydrogens is 884 g/mol. The lowest BCUT2D eigenvalue weighted by Crippen LogP contribution is -2.34. The molecule has 3 aliphatic rings. The summed E-state index contributed by atoms with van der Waals surface area (Å²) >= 11 is 0.703. The van der Waals surface area contributed by atoms with Crippen LogP contribution in [0.5, 0.6) is 0 Å². The van der Waals surface area contributed by atoms with Gasteiger partial charge in [0.05, 0.1) is 49.4 Å². The number of fused-ring (bicyclic) bond motifs is 5. The van der Waals surface area contributed by atoms with E-state index in [4.69, 9.17) is 37.0 Å². The molecule has 3 unspecified atom stereocenters. The van der Waals surface area contributed by atoms with Gasteiger partial charge in [0.25, 0.3) is 11.1 Å². The summed E-state index contributed by atoms with van der Waals surface area (Å²) in [6.07, 6.45) is -10.4. The second-order valence-corrected chi connectivity index (χ2v) is 23.6. The lowest BCUT2D eigenvalue weighted by Gasteiger charge is -2.28. The number of imidazole rings is 2. The maximum atomic E-state index is 16.8. The van der Waals surface area contributed by atoms with Gasteiger partial charge in [-0.05, 0) is 41.5 Å². The van der Waals surface area contributed by atoms with Gasteiger partial charge in [-0.25, -0.2) is 37.8 Å². The Balaban J connectivity index is 1.27. The fraction of sp³-hybridized carbons (Fsp3) is 0.625. The number of hydrogen-bond donors (Lipinski definition) is 2. The largest absolute Gasteiger partial charge is 0.454 e. The monoisotopic (exact) mass is 924 g/mol. The summed E-state index contributed by atoms with van der Waals surface area (Å²) in [5.41, 5.74) is -3.70. The topological polar surface area (TPSA) is 269 Å². The van der Waals surface area contributed by atoms with Gasteiger partial charge < -0.3 is 28.9 Å². The van der Waals surface area contributed by atoms with Gasteiger partial charge in [-0.15, -0.1) is 0 Å². The summed E-state index contributed by atoms with van der Waals surface area (Å²) in [7, 11) is 0. The molecule has 0 radical (unpaired) electrons. The molecule has 2 bridgehead atoms. The first kappa shape index (κ1) is 44.5. The van der Waals surface area contributed by atoms with E-state index in [-0.39, 0.29) is 22.3 Å². The molecule has 3 fully saturated rings. The van der Waals surface area contributed by atoms with Gasteiger partial charge in [0.1, 0.15) is 36.3 Å². The van der Waals surface area contributed by atoms with E-state index in [1.807, 2.05) is 0 Å². The number of aromatic nitrogens is 8. The number of alkyl halides is 2. The molecule has 0 aliphatic carbocycles. The Morgan fingerprint density at radius 2 is 1.18 bits per heavy atom. The van der Waals surface area contributed by atoms with Crippen molar-refractivity contribution in [1.29, 1.82) is 0 Å². The van der Waals surface area contributed by atoms with Crippen LogP contribution in [0.2, 0.25) is 0 Å². The van der Waals surface area contributed by atoms with Crippen LogP contribution in [0.15, 0.2) is 34.9 Å². The van der Waals surface area contributed by atoms with Crippen molar-refractivity contribution in [2.75, 3.05) is 25.1 Å². The van der Waals surface area contributed by atoms with Crippen LogP contribution in [-0.2, 0) is 55.8 Å². The van der Waals surface area contributed by atoms with E-state index in [0.717, 1.165) is 34.4 Å². The van der Waals surface area contributed by atoms with Crippen molar-refractivity contribution in [1.82, 2.24) is 39.0 Å². The van der Waals surface area contributed by atoms with E-state index >= 15 is 8.78 Å². The molecule has 0 spiro atoms. The second kappa shape index (κ2) is 16.9. The molecule has 7 heterocycles. The number of hydrogen-bond acceptors (Lipinski definition) is 20. The molecule has 10 atom stereocenters. The SMILES string of the molecule is CC(C)(C)C(=O)OCSP1(=O)OC[C@H]2OC(n3cnc4c(=O)[nH]cnc43)[C@H](OP(=O)(SCOC(=O)C(C)(C)C)OC[C@H]3O[C@@H](n4cnc5c(=O)[nH]cnc54)[C@H](F)[C@@H]3O1)[C@H]2F. The summed E-state index contributed by atoms with van der Waals surface area (Å²) in [6, 6.07) is 0. The van der Waals surface area contributed by atoms with Crippen LogP contribution >= 0.6 is 36.4 Å². The molecule has 0 amide bonds. The molecule has 0 saturated carbocycles. The predicted octanol–water partition coefficient (Wildman–Crippen LogP) is 4.32. The van der Waals surface area contributed by atoms with Crippen molar-refractivity contribution in [2.45, 2.75) is 90.8 Å². The van der Waals surface area contributed by atoms with Crippen LogP contribution < -0.4 is 11.1 Å². The van der Waals surface area contributed by atoms with E-state index in [1.165, 1.54) is 0 Å². The van der Waals surface area contributed by atoms with E-state index in [2.05, 4.69) is 29.9 Å². The summed E-state index contributed by atoms with van der Waals surface area (Å²) in [5, 5.41) is 0. The van der Waals surface area contributed by atoms with Gasteiger partial charge >= 0.3 is 25.5 Å². The lowest BCUT2D eigenvalue weighted by molar-refractivity contribution is -0.151. The molecule has 0 aromatic carbocycles. The molecule has 2 N–H and O–H groups in total. The van der Waals surface area contributed by atoms with Crippen LogP contribution in [0.25, 0.3) is 22.3 Å². The maximum absolute atomic E-state index is 16.8. The van der Waals surface area contributed by atoms with Crippen LogP contribution in [0.1, 0.15) is 54.0 Å². The number of nitrogens with zero attached hydrogens (tertiary/aromatic N) is 6. The molecular formula is C32H40F2N8O14P2S2. The number of halogens is 2. The summed E-state index contributed by atoms with van der Waals surface area (Å²) in [6.45, 7) is -1.72. The zero-order valence-corrected chi connectivity index (χ0v) is 36.0. The van der Waals surface area contributed by atoms with Gasteiger partial charge in [0, 0.05) is 22.8 Å². The normalized spacial score (nSPS) is 31.6. The number of esters is 2. The van der Waals surface area contributed by atoms with Gasteiger partial charge in [-0.2, -0.15) is 0 Å². The fourth-order valence-electron chi connectivity index (χ4n) is 5.99. The maximum Gasteiger partial charge on any atom is 0.393 e. The molecule has 7 rings (SSSR count). The molecule has 4 aromatic rings. The molecule has 60 heavy (non-hydrogen) atoms. The van der Waals surface area contributed by atoms with Gasteiger partial charge in [0.15, 0.2) is 47.1 Å². The van der Waals surface area contributed by atoms with Crippen LogP contribution in [0.3, 0.4) is 0 Å². The Morgan fingerprint density at radius 3 is 1.68 bits per heavy atom. The minimum Gasteiger partial charge on any atom is -0.454 e. The van der Waals surface area contributed by atoms with Crippen LogP contribution in [-0.4, -0.2) is 113 Å². The summed E-state index contributed by atoms with van der Waals surface area (Å²) in [5.74, 6) is -2.62. The highest BCUT2D eigenvalue weighted by Gasteiger charge is 2.55. The number of carbonyl (C=O) groups excluding carboxylic acids is 2. The highest BCUT2D eigenvalue weighted by atomic mass is 32.7. The highest BCUT2D eigenvalue weighted by Crippen LogP contribution is 2.66. The van der Waals surface area contributed by atoms with Gasteiger partial charge in [-0.1, -0.05) is 0 Å². The molecule has 22 nitrogen and oxygen atoms in total. The quantitative estimate of drug-likeness (QED) is 0.141. The first-order valence-electron chi connectivity index (χ1n) is 18.1. The van der Waals surface area contributed by atoms with E-state index < -0.39 is 122 Å². The van der Waals surface area contributed by atoms with Crippen molar-refractivity contribution < 1.29 is 64.5 Å². The Morgan fingerprint density at radius 1 is 0.733 bits per heavy atom. The minimum absolute atomic E-state index is 0.0781. The van der Waals surface area contributed by atoms with Crippen LogP contribution in [0, 0.1) is 10.8 Å². The smallest absolute Gasteiger partial charge is 0.393 e. The third kappa shape index (κ3) is 9.13. The van der Waals surface area contributed by atoms with Crippen molar-refractivity contribution in [2.24, 2.45) is 10.8 Å². The molecule has 3 aliphatic heterocycles. The molecule has 328 valence electrons.